The topological polar surface area (TPSA) is 63.7 Å². The van der Waals surface area contributed by atoms with Crippen molar-refractivity contribution in [2.75, 3.05) is 4.90 Å². The zero-order valence-electron chi connectivity index (χ0n) is 15.4. The lowest BCUT2D eigenvalue weighted by Gasteiger charge is -2.17. The van der Waals surface area contributed by atoms with Crippen LogP contribution in [-0.2, 0) is 9.59 Å². The number of allylic oxidation sites excluding steroid dienone is 2. The van der Waals surface area contributed by atoms with Crippen LogP contribution in [0.15, 0.2) is 60.7 Å². The number of nitrogens with zero attached hydrogens (tertiary/aromatic N) is 1. The number of imide groups is 1. The van der Waals surface area contributed by atoms with E-state index in [1.54, 1.807) is 36.4 Å². The van der Waals surface area contributed by atoms with Gasteiger partial charge in [0, 0.05) is 0 Å². The monoisotopic (exact) mass is 373 g/mol. The van der Waals surface area contributed by atoms with E-state index in [0.29, 0.717) is 17.0 Å². The molecule has 2 aliphatic carbocycles. The third kappa shape index (κ3) is 2.50. The average molecular weight is 373 g/mol. The van der Waals surface area contributed by atoms with Crippen LogP contribution in [0.4, 0.5) is 5.69 Å². The molecule has 28 heavy (non-hydrogen) atoms. The van der Waals surface area contributed by atoms with Gasteiger partial charge in [0.2, 0.25) is 11.8 Å². The van der Waals surface area contributed by atoms with Crippen molar-refractivity contribution in [1.29, 1.82) is 0 Å². The molecule has 5 heteroatoms. The van der Waals surface area contributed by atoms with Crippen molar-refractivity contribution in [1.82, 2.24) is 0 Å². The molecule has 2 bridgehead atoms. The van der Waals surface area contributed by atoms with Gasteiger partial charge >= 0.3 is 5.97 Å². The fraction of sp³-hybridized carbons (Fsp3) is 0.261. The van der Waals surface area contributed by atoms with Crippen LogP contribution in [0.2, 0.25) is 0 Å². The molecule has 2 aromatic carbocycles. The van der Waals surface area contributed by atoms with Crippen molar-refractivity contribution < 1.29 is 19.1 Å². The summed E-state index contributed by atoms with van der Waals surface area (Å²) in [6.07, 6.45) is 5.06. The van der Waals surface area contributed by atoms with Crippen molar-refractivity contribution in [3.05, 3.63) is 71.8 Å². The van der Waals surface area contributed by atoms with Crippen LogP contribution < -0.4 is 9.64 Å². The lowest BCUT2D eigenvalue weighted by atomic mass is 9.85. The molecule has 2 amide bonds. The maximum absolute atomic E-state index is 12.9. The molecule has 0 radical (unpaired) electrons. The zero-order chi connectivity index (χ0) is 19.4. The molecule has 1 aliphatic heterocycles. The van der Waals surface area contributed by atoms with Gasteiger partial charge in [-0.3, -0.25) is 14.5 Å². The first-order chi connectivity index (χ1) is 13.5. The number of esters is 1. The SMILES string of the molecule is Cc1cccc(OC(=O)c2ccc(N3C(=O)[C@@H]4[C@H](C3=O)[C@H]3C=C[C@H]4C3)cc2)c1. The Bertz CT molecular complexity index is 993. The lowest BCUT2D eigenvalue weighted by Crippen LogP contribution is -2.32. The Hall–Kier alpha value is -3.21. The highest BCUT2D eigenvalue weighted by molar-refractivity contribution is 6.22. The fourth-order valence-electron chi connectivity index (χ4n) is 4.75. The van der Waals surface area contributed by atoms with Gasteiger partial charge in [0.25, 0.3) is 0 Å². The number of ether oxygens (including phenoxy) is 1. The molecule has 5 nitrogen and oxygen atoms in total. The highest BCUT2D eigenvalue weighted by Crippen LogP contribution is 2.53. The molecule has 0 aromatic heterocycles. The van der Waals surface area contributed by atoms with E-state index in [-0.39, 0.29) is 35.5 Å². The predicted molar refractivity (Wildman–Crippen MR) is 103 cm³/mol. The van der Waals surface area contributed by atoms with Gasteiger partial charge in [0.15, 0.2) is 0 Å². The number of anilines is 1. The van der Waals surface area contributed by atoms with Crippen molar-refractivity contribution in [3.63, 3.8) is 0 Å². The van der Waals surface area contributed by atoms with E-state index in [0.717, 1.165) is 12.0 Å². The van der Waals surface area contributed by atoms with Gasteiger partial charge in [0.1, 0.15) is 5.75 Å². The van der Waals surface area contributed by atoms with Crippen LogP contribution in [0, 0.1) is 30.6 Å². The van der Waals surface area contributed by atoms with Gasteiger partial charge in [-0.05, 0) is 67.1 Å². The normalized spacial score (nSPS) is 27.4. The number of rotatable bonds is 3. The molecule has 2 aromatic rings. The largest absolute Gasteiger partial charge is 0.423 e. The maximum Gasteiger partial charge on any atom is 0.343 e. The first-order valence-electron chi connectivity index (χ1n) is 9.48. The Kier molecular flexibility index (Phi) is 3.72. The fourth-order valence-corrected chi connectivity index (χ4v) is 4.75. The Labute approximate surface area is 162 Å². The van der Waals surface area contributed by atoms with E-state index in [4.69, 9.17) is 4.74 Å². The summed E-state index contributed by atoms with van der Waals surface area (Å²) in [5.41, 5.74) is 1.88. The second-order valence-electron chi connectivity index (χ2n) is 7.76. The summed E-state index contributed by atoms with van der Waals surface area (Å²) in [6, 6.07) is 13.7. The Morgan fingerprint density at radius 1 is 0.964 bits per heavy atom. The number of carbonyl (C=O) groups excluding carboxylic acids is 3. The minimum atomic E-state index is -0.477. The summed E-state index contributed by atoms with van der Waals surface area (Å²) in [5.74, 6) is -0.337. The summed E-state index contributed by atoms with van der Waals surface area (Å²) in [7, 11) is 0. The highest BCUT2D eigenvalue weighted by Gasteiger charge is 2.59. The number of hydrogen-bond donors (Lipinski definition) is 0. The van der Waals surface area contributed by atoms with Gasteiger partial charge in [-0.25, -0.2) is 4.79 Å². The number of hydrogen-bond acceptors (Lipinski definition) is 4. The smallest absolute Gasteiger partial charge is 0.343 e. The lowest BCUT2D eigenvalue weighted by molar-refractivity contribution is -0.123. The quantitative estimate of drug-likeness (QED) is 0.357. The van der Waals surface area contributed by atoms with E-state index in [9.17, 15) is 14.4 Å². The maximum atomic E-state index is 12.9. The third-order valence-corrected chi connectivity index (χ3v) is 6.03. The van der Waals surface area contributed by atoms with Gasteiger partial charge in [-0.15, -0.1) is 0 Å². The van der Waals surface area contributed by atoms with Crippen LogP contribution in [0.25, 0.3) is 0 Å². The minimum absolute atomic E-state index is 0.123. The van der Waals surface area contributed by atoms with E-state index >= 15 is 0 Å². The molecule has 0 spiro atoms. The second-order valence-corrected chi connectivity index (χ2v) is 7.76. The molecule has 0 N–H and O–H groups in total. The van der Waals surface area contributed by atoms with Gasteiger partial charge in [-0.1, -0.05) is 24.3 Å². The summed E-state index contributed by atoms with van der Waals surface area (Å²) in [4.78, 5) is 39.4. The Balaban J connectivity index is 1.35. The number of carbonyl (C=O) groups is 3. The molecule has 5 rings (SSSR count). The van der Waals surface area contributed by atoms with Crippen molar-refractivity contribution >= 4 is 23.5 Å². The van der Waals surface area contributed by atoms with E-state index in [1.807, 2.05) is 19.1 Å². The van der Waals surface area contributed by atoms with Crippen LogP contribution >= 0.6 is 0 Å². The number of aryl methyl sites for hydroxylation is 1. The molecule has 1 saturated carbocycles. The molecule has 1 saturated heterocycles. The van der Waals surface area contributed by atoms with Crippen molar-refractivity contribution in [2.45, 2.75) is 13.3 Å². The Morgan fingerprint density at radius 2 is 1.61 bits per heavy atom. The molecular weight excluding hydrogens is 354 g/mol. The predicted octanol–water partition coefficient (Wildman–Crippen LogP) is 3.53. The second kappa shape index (κ2) is 6.16. The van der Waals surface area contributed by atoms with Gasteiger partial charge in [0.05, 0.1) is 23.1 Å². The number of amides is 2. The summed E-state index contributed by atoms with van der Waals surface area (Å²) in [6.45, 7) is 1.92. The first kappa shape index (κ1) is 16.9. The van der Waals surface area contributed by atoms with Gasteiger partial charge in [-0.2, -0.15) is 0 Å². The molecule has 2 fully saturated rings. The van der Waals surface area contributed by atoms with E-state index in [2.05, 4.69) is 12.2 Å². The minimum Gasteiger partial charge on any atom is -0.423 e. The molecule has 1 heterocycles. The van der Waals surface area contributed by atoms with Crippen LogP contribution in [0.5, 0.6) is 5.75 Å². The van der Waals surface area contributed by atoms with Crippen LogP contribution in [0.1, 0.15) is 22.3 Å². The molecular formula is C23H19NO4. The van der Waals surface area contributed by atoms with Crippen LogP contribution in [-0.4, -0.2) is 17.8 Å². The molecule has 3 aliphatic rings. The summed E-state index contributed by atoms with van der Waals surface area (Å²) < 4.78 is 5.39. The molecule has 0 unspecified atom stereocenters. The summed E-state index contributed by atoms with van der Waals surface area (Å²) in [5, 5.41) is 0. The number of benzene rings is 2. The third-order valence-electron chi connectivity index (χ3n) is 6.03. The summed E-state index contributed by atoms with van der Waals surface area (Å²) >= 11 is 0. The van der Waals surface area contributed by atoms with E-state index in [1.165, 1.54) is 4.90 Å². The highest BCUT2D eigenvalue weighted by atomic mass is 16.5. The first-order valence-corrected chi connectivity index (χ1v) is 9.48. The van der Waals surface area contributed by atoms with E-state index < -0.39 is 5.97 Å². The molecule has 140 valence electrons. The average Bonchev–Trinajstić information content (AvgIpc) is 3.36. The molecule has 4 atom stereocenters. The zero-order valence-corrected chi connectivity index (χ0v) is 15.4. The Morgan fingerprint density at radius 3 is 2.21 bits per heavy atom. The standard InChI is InChI=1S/C23H19NO4/c1-13-3-2-4-18(11-13)28-23(27)14-7-9-17(10-8-14)24-21(25)19-15-5-6-16(12-15)20(19)22(24)26/h2-11,15-16,19-20H,12H2,1H3/t15-,16-,19-,20+/m0/s1. The van der Waals surface area contributed by atoms with Crippen LogP contribution in [0.3, 0.4) is 0 Å². The number of fused-ring (bicyclic) bond motifs is 5. The van der Waals surface area contributed by atoms with Gasteiger partial charge < -0.3 is 4.74 Å². The van der Waals surface area contributed by atoms with Crippen molar-refractivity contribution in [3.8, 4) is 5.75 Å². The van der Waals surface area contributed by atoms with Crippen molar-refractivity contribution in [2.24, 2.45) is 23.7 Å².